The smallest absolute Gasteiger partial charge is 0.242 e. The Hall–Kier alpha value is -2.05. The van der Waals surface area contributed by atoms with Crippen molar-refractivity contribution in [2.45, 2.75) is 32.4 Å². The zero-order chi connectivity index (χ0) is 17.8. The van der Waals surface area contributed by atoms with Crippen molar-refractivity contribution in [3.63, 3.8) is 0 Å². The van der Waals surface area contributed by atoms with Crippen molar-refractivity contribution in [1.82, 2.24) is 5.32 Å². The van der Waals surface area contributed by atoms with Gasteiger partial charge in [0.2, 0.25) is 11.8 Å². The van der Waals surface area contributed by atoms with Gasteiger partial charge in [-0.25, -0.2) is 0 Å². The van der Waals surface area contributed by atoms with Gasteiger partial charge in [-0.1, -0.05) is 17.7 Å². The highest BCUT2D eigenvalue weighted by Gasteiger charge is 2.23. The maximum atomic E-state index is 12.2. The molecular formula is C18H20ClN3O2S. The summed E-state index contributed by atoms with van der Waals surface area (Å²) < 4.78 is 0. The maximum absolute atomic E-state index is 12.2. The van der Waals surface area contributed by atoms with Crippen LogP contribution >= 0.6 is 22.9 Å². The van der Waals surface area contributed by atoms with E-state index in [0.717, 1.165) is 22.7 Å². The van der Waals surface area contributed by atoms with Crippen molar-refractivity contribution in [3.05, 3.63) is 45.6 Å². The first-order valence-corrected chi connectivity index (χ1v) is 9.47. The van der Waals surface area contributed by atoms with E-state index in [1.165, 1.54) is 0 Å². The molecule has 132 valence electrons. The number of nitrogens with zero attached hydrogens (tertiary/aromatic N) is 1. The van der Waals surface area contributed by atoms with E-state index in [2.05, 4.69) is 10.6 Å². The minimum Gasteiger partial charge on any atom is -0.374 e. The first-order chi connectivity index (χ1) is 12.0. The van der Waals surface area contributed by atoms with Crippen LogP contribution in [0.1, 0.15) is 24.6 Å². The summed E-state index contributed by atoms with van der Waals surface area (Å²) in [5.41, 5.74) is 1.48. The van der Waals surface area contributed by atoms with Gasteiger partial charge in [-0.3, -0.25) is 9.59 Å². The number of hydrogen-bond acceptors (Lipinski definition) is 4. The number of hydrogen-bond donors (Lipinski definition) is 2. The van der Waals surface area contributed by atoms with Gasteiger partial charge in [-0.05, 0) is 43.0 Å². The van der Waals surface area contributed by atoms with Crippen LogP contribution in [0.25, 0.3) is 0 Å². The maximum Gasteiger partial charge on any atom is 0.242 e. The molecule has 1 fully saturated rings. The number of carbonyl (C=O) groups excluding carboxylic acids is 2. The largest absolute Gasteiger partial charge is 0.374 e. The molecule has 1 aliphatic heterocycles. The van der Waals surface area contributed by atoms with Gasteiger partial charge in [0.25, 0.3) is 0 Å². The molecule has 1 aromatic heterocycles. The topological polar surface area (TPSA) is 61.4 Å². The van der Waals surface area contributed by atoms with Crippen LogP contribution in [0.5, 0.6) is 0 Å². The second-order valence-electron chi connectivity index (χ2n) is 5.98. The summed E-state index contributed by atoms with van der Waals surface area (Å²) in [5.74, 6) is 0.0206. The fourth-order valence-electron chi connectivity index (χ4n) is 2.77. The Morgan fingerprint density at radius 1 is 1.40 bits per heavy atom. The number of benzene rings is 1. The Kier molecular flexibility index (Phi) is 5.60. The zero-order valence-corrected chi connectivity index (χ0v) is 15.5. The molecule has 1 aromatic carbocycles. The summed E-state index contributed by atoms with van der Waals surface area (Å²) >= 11 is 7.95. The van der Waals surface area contributed by atoms with Crippen molar-refractivity contribution in [2.75, 3.05) is 16.8 Å². The van der Waals surface area contributed by atoms with E-state index in [0.29, 0.717) is 24.5 Å². The molecule has 2 N–H and O–H groups in total. The number of halogens is 1. The standard InChI is InChI=1S/C18H20ClN3O2S/c1-12(18(24)20-11-14-4-3-9-25-14)21-13-6-7-16(15(19)10-13)22-8-2-5-17(22)23/h3-4,6-7,9-10,12,21H,2,5,8,11H2,1H3,(H,20,24)/t12-/m1/s1. The summed E-state index contributed by atoms with van der Waals surface area (Å²) in [6.07, 6.45) is 1.42. The molecule has 2 amide bonds. The van der Waals surface area contributed by atoms with E-state index in [1.807, 2.05) is 29.6 Å². The summed E-state index contributed by atoms with van der Waals surface area (Å²) in [4.78, 5) is 26.9. The number of thiophene rings is 1. The first-order valence-electron chi connectivity index (χ1n) is 8.21. The molecule has 0 aliphatic carbocycles. The van der Waals surface area contributed by atoms with Gasteiger partial charge in [0.05, 0.1) is 17.3 Å². The van der Waals surface area contributed by atoms with Gasteiger partial charge < -0.3 is 15.5 Å². The van der Waals surface area contributed by atoms with Crippen LogP contribution in [0.2, 0.25) is 5.02 Å². The van der Waals surface area contributed by atoms with Crippen LogP contribution < -0.4 is 15.5 Å². The van der Waals surface area contributed by atoms with Gasteiger partial charge in [0, 0.05) is 23.5 Å². The van der Waals surface area contributed by atoms with E-state index < -0.39 is 6.04 Å². The van der Waals surface area contributed by atoms with Gasteiger partial charge in [-0.2, -0.15) is 0 Å². The molecule has 1 saturated heterocycles. The molecule has 0 bridgehead atoms. The fraction of sp³-hybridized carbons (Fsp3) is 0.333. The van der Waals surface area contributed by atoms with E-state index in [4.69, 9.17) is 11.6 Å². The molecule has 1 aliphatic rings. The van der Waals surface area contributed by atoms with Crippen LogP contribution in [0.3, 0.4) is 0 Å². The van der Waals surface area contributed by atoms with Crippen LogP contribution in [0.15, 0.2) is 35.7 Å². The molecule has 7 heteroatoms. The van der Waals surface area contributed by atoms with Crippen LogP contribution in [0.4, 0.5) is 11.4 Å². The molecule has 5 nitrogen and oxygen atoms in total. The summed E-state index contributed by atoms with van der Waals surface area (Å²) in [6.45, 7) is 3.03. The SMILES string of the molecule is C[C@@H](Nc1ccc(N2CCCC2=O)c(Cl)c1)C(=O)NCc1cccs1. The Bertz CT molecular complexity index is 764. The number of carbonyl (C=O) groups is 2. The summed E-state index contributed by atoms with van der Waals surface area (Å²) in [7, 11) is 0. The minimum atomic E-state index is -0.393. The Morgan fingerprint density at radius 3 is 2.88 bits per heavy atom. The van der Waals surface area contributed by atoms with Gasteiger partial charge in [0.15, 0.2) is 0 Å². The van der Waals surface area contributed by atoms with Crippen LogP contribution in [-0.4, -0.2) is 24.4 Å². The van der Waals surface area contributed by atoms with Crippen LogP contribution in [-0.2, 0) is 16.1 Å². The first kappa shape index (κ1) is 17.8. The van der Waals surface area contributed by atoms with Crippen molar-refractivity contribution >= 4 is 46.1 Å². The highest BCUT2D eigenvalue weighted by Crippen LogP contribution is 2.31. The fourth-order valence-corrected chi connectivity index (χ4v) is 3.70. The lowest BCUT2D eigenvalue weighted by molar-refractivity contribution is -0.121. The van der Waals surface area contributed by atoms with Gasteiger partial charge in [-0.15, -0.1) is 11.3 Å². The number of amides is 2. The highest BCUT2D eigenvalue weighted by atomic mass is 35.5. The second-order valence-corrected chi connectivity index (χ2v) is 7.42. The Morgan fingerprint density at radius 2 is 2.24 bits per heavy atom. The third-order valence-corrected chi connectivity index (χ3v) is 5.28. The van der Waals surface area contributed by atoms with E-state index in [-0.39, 0.29) is 11.8 Å². The predicted molar refractivity (Wildman–Crippen MR) is 102 cm³/mol. The number of anilines is 2. The molecule has 0 spiro atoms. The highest BCUT2D eigenvalue weighted by molar-refractivity contribution is 7.09. The van der Waals surface area contributed by atoms with E-state index in [9.17, 15) is 9.59 Å². The third kappa shape index (κ3) is 4.32. The van der Waals surface area contributed by atoms with Crippen LogP contribution in [0, 0.1) is 0 Å². The zero-order valence-electron chi connectivity index (χ0n) is 13.9. The Labute approximate surface area is 156 Å². The lowest BCUT2D eigenvalue weighted by Crippen LogP contribution is -2.37. The van der Waals surface area contributed by atoms with Gasteiger partial charge in [0.1, 0.15) is 6.04 Å². The predicted octanol–water partition coefficient (Wildman–Crippen LogP) is 3.65. The van der Waals surface area contributed by atoms with Crippen molar-refractivity contribution in [2.24, 2.45) is 0 Å². The number of nitrogens with one attached hydrogen (secondary N) is 2. The molecule has 3 rings (SSSR count). The average Bonchev–Trinajstić information content (AvgIpc) is 3.24. The molecular weight excluding hydrogens is 358 g/mol. The molecule has 2 heterocycles. The van der Waals surface area contributed by atoms with E-state index in [1.54, 1.807) is 29.2 Å². The van der Waals surface area contributed by atoms with Crippen molar-refractivity contribution < 1.29 is 9.59 Å². The summed E-state index contributed by atoms with van der Waals surface area (Å²) in [6, 6.07) is 8.98. The van der Waals surface area contributed by atoms with E-state index >= 15 is 0 Å². The third-order valence-electron chi connectivity index (χ3n) is 4.11. The number of rotatable bonds is 6. The molecule has 0 unspecified atom stereocenters. The molecule has 25 heavy (non-hydrogen) atoms. The normalized spacial score (nSPS) is 15.3. The molecule has 0 radical (unpaired) electrons. The summed E-state index contributed by atoms with van der Waals surface area (Å²) in [5, 5.41) is 8.54. The lowest BCUT2D eigenvalue weighted by atomic mass is 10.2. The lowest BCUT2D eigenvalue weighted by Gasteiger charge is -2.19. The average molecular weight is 378 g/mol. The quantitative estimate of drug-likeness (QED) is 0.807. The molecule has 0 saturated carbocycles. The molecule has 1 atom stereocenters. The monoisotopic (exact) mass is 377 g/mol. The van der Waals surface area contributed by atoms with Crippen molar-refractivity contribution in [3.8, 4) is 0 Å². The molecule has 2 aromatic rings. The van der Waals surface area contributed by atoms with Crippen molar-refractivity contribution in [1.29, 1.82) is 0 Å². The van der Waals surface area contributed by atoms with Gasteiger partial charge >= 0.3 is 0 Å². The Balaban J connectivity index is 1.59. The minimum absolute atomic E-state index is 0.0803. The second kappa shape index (κ2) is 7.89.